The second-order valence-electron chi connectivity index (χ2n) is 9.36. The third kappa shape index (κ3) is 3.76. The van der Waals surface area contributed by atoms with Crippen molar-refractivity contribution >= 4 is 21.8 Å². The van der Waals surface area contributed by atoms with E-state index in [1.807, 2.05) is 18.2 Å². The number of fused-ring (bicyclic) bond motifs is 6. The van der Waals surface area contributed by atoms with Crippen LogP contribution in [0.1, 0.15) is 24.3 Å². The van der Waals surface area contributed by atoms with Crippen molar-refractivity contribution in [1.82, 2.24) is 24.6 Å². The molecule has 2 aromatic carbocycles. The van der Waals surface area contributed by atoms with Crippen molar-refractivity contribution in [3.8, 4) is 11.5 Å². The van der Waals surface area contributed by atoms with E-state index in [1.54, 1.807) is 31.5 Å². The zero-order chi connectivity index (χ0) is 23.9. The molecule has 0 aliphatic carbocycles. The fourth-order valence-corrected chi connectivity index (χ4v) is 5.63. The van der Waals surface area contributed by atoms with Gasteiger partial charge >= 0.3 is 5.69 Å². The van der Waals surface area contributed by atoms with E-state index in [-0.39, 0.29) is 11.2 Å². The number of unbranched alkanes of at least 4 members (excludes halogenated alkanes) is 1. The number of nitrogens with one attached hydrogen (secondary N) is 1. The van der Waals surface area contributed by atoms with Crippen LogP contribution >= 0.6 is 0 Å². The van der Waals surface area contributed by atoms with Crippen molar-refractivity contribution in [3.05, 3.63) is 69.0 Å². The molecule has 1 N–H and O–H groups in total. The molecule has 4 heterocycles. The van der Waals surface area contributed by atoms with E-state index >= 15 is 0 Å². The largest absolute Gasteiger partial charge is 0.496 e. The Labute approximate surface area is 201 Å². The van der Waals surface area contributed by atoms with Gasteiger partial charge in [-0.25, -0.2) is 4.79 Å². The average Bonchev–Trinajstić information content (AvgIpc) is 3.31. The first kappa shape index (κ1) is 21.8. The number of nitrogens with zero attached hydrogens (tertiary/aromatic N) is 4. The highest BCUT2D eigenvalue weighted by molar-refractivity contribution is 6.02. The molecule has 2 aliphatic rings. The van der Waals surface area contributed by atoms with Crippen molar-refractivity contribution in [2.75, 3.05) is 33.4 Å². The Hall–Kier alpha value is -3.72. The van der Waals surface area contributed by atoms with Crippen LogP contribution < -0.4 is 20.7 Å². The Morgan fingerprint density at radius 1 is 1.09 bits per heavy atom. The number of hydrogen-bond donors (Lipinski definition) is 1. The molecule has 0 unspecified atom stereocenters. The minimum atomic E-state index is -0.389. The summed E-state index contributed by atoms with van der Waals surface area (Å²) in [5.41, 5.74) is 1.68. The minimum absolute atomic E-state index is 0.268. The van der Waals surface area contributed by atoms with E-state index in [1.165, 1.54) is 10.1 Å². The highest BCUT2D eigenvalue weighted by Gasteiger charge is 2.40. The normalized spacial score (nSPS) is 19.5. The highest BCUT2D eigenvalue weighted by Crippen LogP contribution is 2.46. The van der Waals surface area contributed by atoms with Crippen molar-refractivity contribution in [1.29, 1.82) is 0 Å². The number of hydrogen-bond acceptors (Lipinski definition) is 7. The molecule has 4 aromatic rings. The van der Waals surface area contributed by atoms with Crippen LogP contribution in [0.3, 0.4) is 0 Å². The number of methoxy groups -OCH3 is 1. The molecule has 1 fully saturated rings. The summed E-state index contributed by atoms with van der Waals surface area (Å²) in [6.07, 6.45) is 3.20. The van der Waals surface area contributed by atoms with E-state index in [2.05, 4.69) is 20.1 Å². The standard InChI is InChI=1S/C26H27N5O4/c1-34-21-5-4-6-22-23(21)19-14-30(13-16(19)15-35-22)11-2-3-12-31-25(32)18-7-8-20-17(9-10-27-29-20)24(18)28-26(31)33/h4-10,16,19H,2-3,11-15H2,1H3,(H,28,33)/t16-,19-/m1/s1. The third-order valence-electron chi connectivity index (χ3n) is 7.34. The molecule has 0 amide bonds. The Kier molecular flexibility index (Phi) is 5.49. The van der Waals surface area contributed by atoms with Gasteiger partial charge in [0.2, 0.25) is 0 Å². The Bertz CT molecular complexity index is 1510. The number of rotatable bonds is 6. The van der Waals surface area contributed by atoms with E-state index in [0.717, 1.165) is 56.0 Å². The first-order valence-corrected chi connectivity index (χ1v) is 12.0. The number of ether oxygens (including phenoxy) is 2. The number of H-pyrrole nitrogens is 1. The average molecular weight is 474 g/mol. The lowest BCUT2D eigenvalue weighted by Crippen LogP contribution is -2.35. The molecule has 35 heavy (non-hydrogen) atoms. The first-order chi connectivity index (χ1) is 17.1. The van der Waals surface area contributed by atoms with Gasteiger partial charge in [0.15, 0.2) is 0 Å². The van der Waals surface area contributed by atoms with E-state index in [0.29, 0.717) is 34.8 Å². The molecule has 0 radical (unpaired) electrons. The lowest BCUT2D eigenvalue weighted by atomic mass is 9.86. The van der Waals surface area contributed by atoms with Crippen molar-refractivity contribution in [3.63, 3.8) is 0 Å². The summed E-state index contributed by atoms with van der Waals surface area (Å²) >= 11 is 0. The lowest BCUT2D eigenvalue weighted by Gasteiger charge is -2.29. The van der Waals surface area contributed by atoms with Gasteiger partial charge in [-0.3, -0.25) is 9.36 Å². The molecule has 2 aromatic heterocycles. The maximum absolute atomic E-state index is 13.1. The van der Waals surface area contributed by atoms with Crippen molar-refractivity contribution < 1.29 is 9.47 Å². The molecule has 0 bridgehead atoms. The monoisotopic (exact) mass is 473 g/mol. The zero-order valence-electron chi connectivity index (χ0n) is 19.6. The maximum Gasteiger partial charge on any atom is 0.328 e. The van der Waals surface area contributed by atoms with Crippen LogP contribution in [0.5, 0.6) is 11.5 Å². The van der Waals surface area contributed by atoms with Crippen molar-refractivity contribution in [2.45, 2.75) is 25.3 Å². The van der Waals surface area contributed by atoms with E-state index < -0.39 is 0 Å². The van der Waals surface area contributed by atoms with Gasteiger partial charge in [-0.05, 0) is 49.7 Å². The van der Waals surface area contributed by atoms with E-state index in [9.17, 15) is 9.59 Å². The summed E-state index contributed by atoms with van der Waals surface area (Å²) in [6, 6.07) is 11.2. The molecular formula is C26H27N5O4. The van der Waals surface area contributed by atoms with Crippen LogP contribution in [0.15, 0.2) is 52.2 Å². The SMILES string of the molecule is COc1cccc2c1[C@@H]1CN(CCCCn3c(=O)[nH]c4c(ccc5nnccc54)c3=O)C[C@@H]1CO2. The second-order valence-corrected chi connectivity index (χ2v) is 9.36. The fourth-order valence-electron chi connectivity index (χ4n) is 5.63. The maximum atomic E-state index is 13.1. The summed E-state index contributed by atoms with van der Waals surface area (Å²) in [7, 11) is 1.71. The molecule has 0 saturated carbocycles. The Balaban J connectivity index is 1.13. The minimum Gasteiger partial charge on any atom is -0.496 e. The number of aromatic nitrogens is 4. The van der Waals surface area contributed by atoms with Crippen LogP contribution in [0.4, 0.5) is 0 Å². The Morgan fingerprint density at radius 2 is 1.97 bits per heavy atom. The van der Waals surface area contributed by atoms with Gasteiger partial charge in [0.1, 0.15) is 11.5 Å². The predicted molar refractivity (Wildman–Crippen MR) is 132 cm³/mol. The molecule has 1 saturated heterocycles. The van der Waals surface area contributed by atoms with Gasteiger partial charge in [0.25, 0.3) is 5.56 Å². The predicted octanol–water partition coefficient (Wildman–Crippen LogP) is 2.53. The van der Waals surface area contributed by atoms with Crippen LogP contribution in [-0.4, -0.2) is 58.0 Å². The van der Waals surface area contributed by atoms with Gasteiger partial charge in [-0.1, -0.05) is 6.07 Å². The van der Waals surface area contributed by atoms with Gasteiger partial charge < -0.3 is 19.4 Å². The van der Waals surface area contributed by atoms with Gasteiger partial charge in [0.05, 0.1) is 36.3 Å². The van der Waals surface area contributed by atoms with E-state index in [4.69, 9.17) is 9.47 Å². The number of benzene rings is 2. The zero-order valence-corrected chi connectivity index (χ0v) is 19.6. The molecule has 6 rings (SSSR count). The van der Waals surface area contributed by atoms with Gasteiger partial charge in [0, 0.05) is 42.4 Å². The molecule has 9 heteroatoms. The van der Waals surface area contributed by atoms with Crippen LogP contribution in [-0.2, 0) is 6.54 Å². The van der Waals surface area contributed by atoms with Gasteiger partial charge in [-0.15, -0.1) is 0 Å². The summed E-state index contributed by atoms with van der Waals surface area (Å²) in [5, 5.41) is 9.13. The second kappa shape index (κ2) is 8.81. The van der Waals surface area contributed by atoms with Crippen molar-refractivity contribution in [2.24, 2.45) is 5.92 Å². The summed E-state index contributed by atoms with van der Waals surface area (Å²) < 4.78 is 12.9. The molecule has 0 spiro atoms. The van der Waals surface area contributed by atoms with Crippen LogP contribution in [0, 0.1) is 5.92 Å². The van der Waals surface area contributed by atoms with Gasteiger partial charge in [-0.2, -0.15) is 10.2 Å². The third-order valence-corrected chi connectivity index (χ3v) is 7.34. The summed E-state index contributed by atoms with van der Waals surface area (Å²) in [5.74, 6) is 2.68. The molecule has 9 nitrogen and oxygen atoms in total. The van der Waals surface area contributed by atoms with Crippen LogP contribution in [0.25, 0.3) is 21.8 Å². The summed E-state index contributed by atoms with van der Waals surface area (Å²) in [4.78, 5) is 31.1. The lowest BCUT2D eigenvalue weighted by molar-refractivity contribution is 0.209. The number of aromatic amines is 1. The quantitative estimate of drug-likeness (QED) is 0.339. The van der Waals surface area contributed by atoms with Crippen LogP contribution in [0.2, 0.25) is 0 Å². The topological polar surface area (TPSA) is 102 Å². The molecule has 2 atom stereocenters. The number of likely N-dealkylation sites (tertiary alicyclic amines) is 1. The molecular weight excluding hydrogens is 446 g/mol. The molecule has 180 valence electrons. The molecule has 2 aliphatic heterocycles. The highest BCUT2D eigenvalue weighted by atomic mass is 16.5. The Morgan fingerprint density at radius 3 is 2.86 bits per heavy atom. The summed E-state index contributed by atoms with van der Waals surface area (Å²) in [6.45, 7) is 3.98. The fraction of sp³-hybridized carbons (Fsp3) is 0.385. The smallest absolute Gasteiger partial charge is 0.328 e. The first-order valence-electron chi connectivity index (χ1n) is 12.0.